The molecule has 1 aliphatic heterocycles. The van der Waals surface area contributed by atoms with Gasteiger partial charge in [0.05, 0.1) is 6.61 Å². The van der Waals surface area contributed by atoms with Crippen LogP contribution in [0.2, 0.25) is 0 Å². The Bertz CT molecular complexity index is 895. The number of ether oxygens (including phenoxy) is 2. The van der Waals surface area contributed by atoms with Crippen molar-refractivity contribution in [2.75, 3.05) is 19.7 Å². The zero-order valence-electron chi connectivity index (χ0n) is 15.4. The summed E-state index contributed by atoms with van der Waals surface area (Å²) in [5.74, 6) is 0.295. The van der Waals surface area contributed by atoms with Gasteiger partial charge >= 0.3 is 5.97 Å². The zero-order valence-corrected chi connectivity index (χ0v) is 16.3. The number of rotatable bonds is 7. The summed E-state index contributed by atoms with van der Waals surface area (Å²) in [7, 11) is -3.65. The maximum Gasteiger partial charge on any atom is 0.379 e. The monoisotopic (exact) mass is 393 g/mol. The highest BCUT2D eigenvalue weighted by Gasteiger charge is 2.32. The van der Waals surface area contributed by atoms with Crippen LogP contribution < -0.4 is 9.47 Å². The molecule has 0 radical (unpaired) electrons. The van der Waals surface area contributed by atoms with Gasteiger partial charge in [0, 0.05) is 19.2 Å². The molecule has 2 heterocycles. The first-order valence-electron chi connectivity index (χ1n) is 8.97. The van der Waals surface area contributed by atoms with Crippen LogP contribution in [0.15, 0.2) is 39.6 Å². The van der Waals surface area contributed by atoms with Gasteiger partial charge < -0.3 is 13.9 Å². The second-order valence-electron chi connectivity index (χ2n) is 6.35. The van der Waals surface area contributed by atoms with Gasteiger partial charge in [-0.05, 0) is 50.5 Å². The van der Waals surface area contributed by atoms with Crippen LogP contribution in [0.3, 0.4) is 0 Å². The van der Waals surface area contributed by atoms with Crippen LogP contribution >= 0.6 is 0 Å². The van der Waals surface area contributed by atoms with Gasteiger partial charge in [0.1, 0.15) is 22.2 Å². The smallest absolute Gasteiger partial charge is 0.379 e. The molecule has 0 N–H and O–H groups in total. The van der Waals surface area contributed by atoms with Crippen molar-refractivity contribution in [2.45, 2.75) is 38.0 Å². The highest BCUT2D eigenvalue weighted by Crippen LogP contribution is 2.27. The fraction of sp³-hybridized carbons (Fsp3) is 0.421. The zero-order chi connectivity index (χ0) is 19.4. The van der Waals surface area contributed by atoms with Gasteiger partial charge in [-0.25, -0.2) is 13.2 Å². The van der Waals surface area contributed by atoms with Crippen LogP contribution in [0, 0.1) is 6.92 Å². The lowest BCUT2D eigenvalue weighted by molar-refractivity contribution is 0.0699. The Morgan fingerprint density at radius 3 is 2.41 bits per heavy atom. The lowest BCUT2D eigenvalue weighted by Gasteiger charge is -2.14. The third-order valence-corrected chi connectivity index (χ3v) is 6.27. The maximum absolute atomic E-state index is 12.7. The predicted molar refractivity (Wildman–Crippen MR) is 98.6 cm³/mol. The summed E-state index contributed by atoms with van der Waals surface area (Å²) >= 11 is 0. The molecule has 1 fully saturated rings. The summed E-state index contributed by atoms with van der Waals surface area (Å²) in [5.41, 5.74) is 0. The van der Waals surface area contributed by atoms with Crippen LogP contribution in [-0.4, -0.2) is 38.4 Å². The Morgan fingerprint density at radius 2 is 1.78 bits per heavy atom. The molecule has 0 saturated carbocycles. The number of aryl methyl sites for hydroxylation is 1. The van der Waals surface area contributed by atoms with Gasteiger partial charge in [-0.1, -0.05) is 6.92 Å². The molecule has 27 heavy (non-hydrogen) atoms. The molecule has 0 unspecified atom stereocenters. The summed E-state index contributed by atoms with van der Waals surface area (Å²) in [6.07, 6.45) is 2.57. The quantitative estimate of drug-likeness (QED) is 0.529. The average molecular weight is 393 g/mol. The Labute approximate surface area is 158 Å². The van der Waals surface area contributed by atoms with E-state index < -0.39 is 16.0 Å². The molecule has 1 aromatic heterocycles. The number of sulfonamides is 1. The average Bonchev–Trinajstić information content (AvgIpc) is 3.31. The summed E-state index contributed by atoms with van der Waals surface area (Å²) in [6, 6.07) is 7.87. The number of hydrogen-bond donors (Lipinski definition) is 0. The van der Waals surface area contributed by atoms with Crippen LogP contribution in [0.4, 0.5) is 0 Å². The van der Waals surface area contributed by atoms with Gasteiger partial charge in [0.2, 0.25) is 15.8 Å². The van der Waals surface area contributed by atoms with Gasteiger partial charge in [-0.15, -0.1) is 0 Å². The van der Waals surface area contributed by atoms with Gasteiger partial charge in [0.15, 0.2) is 0 Å². The number of nitrogens with zero attached hydrogens (tertiary/aromatic N) is 1. The highest BCUT2D eigenvalue weighted by molar-refractivity contribution is 7.89. The molecular weight excluding hydrogens is 370 g/mol. The van der Waals surface area contributed by atoms with E-state index in [1.165, 1.54) is 17.3 Å². The number of esters is 1. The van der Waals surface area contributed by atoms with Crippen molar-refractivity contribution in [1.29, 1.82) is 0 Å². The summed E-state index contributed by atoms with van der Waals surface area (Å²) in [4.78, 5) is 12.3. The van der Waals surface area contributed by atoms with Gasteiger partial charge in [-0.3, -0.25) is 0 Å². The van der Waals surface area contributed by atoms with Crippen molar-refractivity contribution in [3.05, 3.63) is 41.9 Å². The van der Waals surface area contributed by atoms with Crippen LogP contribution in [0.25, 0.3) is 0 Å². The molecule has 7 nitrogen and oxygen atoms in total. The molecule has 1 aromatic carbocycles. The van der Waals surface area contributed by atoms with E-state index in [0.717, 1.165) is 19.3 Å². The summed E-state index contributed by atoms with van der Waals surface area (Å²) in [5, 5.41) is 0. The van der Waals surface area contributed by atoms with Crippen molar-refractivity contribution < 1.29 is 27.1 Å². The second-order valence-corrected chi connectivity index (χ2v) is 8.26. The summed E-state index contributed by atoms with van der Waals surface area (Å²) < 4.78 is 42.9. The molecule has 2 aromatic rings. The first-order chi connectivity index (χ1) is 12.9. The van der Waals surface area contributed by atoms with E-state index in [4.69, 9.17) is 13.9 Å². The maximum atomic E-state index is 12.7. The van der Waals surface area contributed by atoms with E-state index in [9.17, 15) is 13.2 Å². The molecule has 8 heteroatoms. The molecule has 1 saturated heterocycles. The second kappa shape index (κ2) is 8.14. The standard InChI is InChI=1S/C19H23NO6S/c1-3-12-24-15-6-8-16(9-7-15)26-19(21)17-13-18(14(2)25-17)27(22,23)20-10-4-5-11-20/h6-9,13H,3-5,10-12H2,1-2H3. The SMILES string of the molecule is CCCOc1ccc(OC(=O)c2cc(S(=O)(=O)N3CCCC3)c(C)o2)cc1. The third kappa shape index (κ3) is 4.33. The largest absolute Gasteiger partial charge is 0.494 e. The molecule has 0 amide bonds. The first kappa shape index (κ1) is 19.4. The highest BCUT2D eigenvalue weighted by atomic mass is 32.2. The van der Waals surface area contributed by atoms with Crippen LogP contribution in [0.1, 0.15) is 42.5 Å². The van der Waals surface area contributed by atoms with Crippen molar-refractivity contribution in [1.82, 2.24) is 4.31 Å². The van der Waals surface area contributed by atoms with E-state index in [1.54, 1.807) is 24.3 Å². The molecule has 146 valence electrons. The fourth-order valence-electron chi connectivity index (χ4n) is 2.87. The van der Waals surface area contributed by atoms with E-state index >= 15 is 0 Å². The molecule has 1 aliphatic rings. The van der Waals surface area contributed by atoms with Crippen molar-refractivity contribution in [2.24, 2.45) is 0 Å². The number of carbonyl (C=O) groups is 1. The van der Waals surface area contributed by atoms with Crippen LogP contribution in [-0.2, 0) is 10.0 Å². The molecule has 0 aliphatic carbocycles. The van der Waals surface area contributed by atoms with Crippen molar-refractivity contribution >= 4 is 16.0 Å². The molecule has 0 bridgehead atoms. The topological polar surface area (TPSA) is 86.0 Å². The fourth-order valence-corrected chi connectivity index (χ4v) is 4.55. The molecule has 0 spiro atoms. The minimum absolute atomic E-state index is 0.0136. The minimum atomic E-state index is -3.65. The Kier molecular flexibility index (Phi) is 5.86. The van der Waals surface area contributed by atoms with E-state index in [0.29, 0.717) is 31.2 Å². The lowest BCUT2D eigenvalue weighted by Crippen LogP contribution is -2.28. The van der Waals surface area contributed by atoms with E-state index in [2.05, 4.69) is 0 Å². The lowest BCUT2D eigenvalue weighted by atomic mass is 10.3. The first-order valence-corrected chi connectivity index (χ1v) is 10.4. The van der Waals surface area contributed by atoms with Gasteiger partial charge in [0.25, 0.3) is 0 Å². The summed E-state index contributed by atoms with van der Waals surface area (Å²) in [6.45, 7) is 5.12. The Hall–Kier alpha value is -2.32. The minimum Gasteiger partial charge on any atom is -0.494 e. The molecule has 3 rings (SSSR count). The predicted octanol–water partition coefficient (Wildman–Crippen LogP) is 3.38. The number of furan rings is 1. The van der Waals surface area contributed by atoms with Crippen molar-refractivity contribution in [3.63, 3.8) is 0 Å². The normalized spacial score (nSPS) is 15.0. The third-order valence-electron chi connectivity index (χ3n) is 4.26. The number of hydrogen-bond acceptors (Lipinski definition) is 6. The van der Waals surface area contributed by atoms with E-state index in [1.807, 2.05) is 6.92 Å². The van der Waals surface area contributed by atoms with Gasteiger partial charge in [-0.2, -0.15) is 4.31 Å². The van der Waals surface area contributed by atoms with Crippen molar-refractivity contribution in [3.8, 4) is 11.5 Å². The van der Waals surface area contributed by atoms with Crippen LogP contribution in [0.5, 0.6) is 11.5 Å². The Morgan fingerprint density at radius 1 is 1.15 bits per heavy atom. The molecular formula is C19H23NO6S. The Balaban J connectivity index is 1.72. The van der Waals surface area contributed by atoms with E-state index in [-0.39, 0.29) is 16.4 Å². The number of benzene rings is 1. The number of carbonyl (C=O) groups excluding carboxylic acids is 1. The molecule has 0 atom stereocenters.